The molecule has 154 valence electrons. The number of nitrogens with zero attached hydrogens (tertiary/aromatic N) is 5. The summed E-state index contributed by atoms with van der Waals surface area (Å²) >= 11 is 0. The van der Waals surface area contributed by atoms with Crippen LogP contribution in [0.25, 0.3) is 16.9 Å². The van der Waals surface area contributed by atoms with E-state index < -0.39 is 11.6 Å². The second-order valence-corrected chi connectivity index (χ2v) is 7.25. The average molecular weight is 409 g/mol. The van der Waals surface area contributed by atoms with Crippen LogP contribution in [0.3, 0.4) is 0 Å². The maximum atomic E-state index is 14.4. The SMILES string of the molecule is Cc1nnc(CN(C)Cc2cn(-c3ccc(F)cc3F)nc2-c2ccccc2C)o1. The Balaban J connectivity index is 1.72. The summed E-state index contributed by atoms with van der Waals surface area (Å²) in [5.74, 6) is -0.268. The molecule has 2 aromatic carbocycles. The molecule has 0 saturated carbocycles. The highest BCUT2D eigenvalue weighted by atomic mass is 19.1. The molecule has 0 radical (unpaired) electrons. The molecule has 0 N–H and O–H groups in total. The molecule has 0 aliphatic carbocycles. The van der Waals surface area contributed by atoms with Crippen molar-refractivity contribution in [1.29, 1.82) is 0 Å². The van der Waals surface area contributed by atoms with Crippen LogP contribution in [0.1, 0.15) is 22.9 Å². The van der Waals surface area contributed by atoms with E-state index in [1.165, 1.54) is 16.8 Å². The Labute approximate surface area is 172 Å². The standard InChI is InChI=1S/C22H21F2N5O/c1-14-6-4-5-7-18(14)22-16(11-28(3)13-21-26-25-15(2)30-21)12-29(27-22)20-9-8-17(23)10-19(20)24/h4-10,12H,11,13H2,1-3H3. The van der Waals surface area contributed by atoms with E-state index in [0.29, 0.717) is 24.9 Å². The van der Waals surface area contributed by atoms with Gasteiger partial charge in [-0.25, -0.2) is 13.5 Å². The molecule has 4 aromatic rings. The van der Waals surface area contributed by atoms with Crippen LogP contribution >= 0.6 is 0 Å². The molecule has 0 spiro atoms. The zero-order valence-electron chi connectivity index (χ0n) is 16.9. The van der Waals surface area contributed by atoms with E-state index in [-0.39, 0.29) is 5.69 Å². The minimum absolute atomic E-state index is 0.188. The van der Waals surface area contributed by atoms with Crippen LogP contribution in [0.2, 0.25) is 0 Å². The van der Waals surface area contributed by atoms with Crippen molar-refractivity contribution in [3.63, 3.8) is 0 Å². The lowest BCUT2D eigenvalue weighted by Gasteiger charge is -2.14. The second-order valence-electron chi connectivity index (χ2n) is 7.25. The maximum absolute atomic E-state index is 14.4. The third kappa shape index (κ3) is 4.13. The Morgan fingerprint density at radius 1 is 1.03 bits per heavy atom. The molecule has 2 aromatic heterocycles. The van der Waals surface area contributed by atoms with E-state index in [4.69, 9.17) is 4.42 Å². The summed E-state index contributed by atoms with van der Waals surface area (Å²) in [5.41, 5.74) is 3.83. The lowest BCUT2D eigenvalue weighted by Crippen LogP contribution is -2.17. The lowest BCUT2D eigenvalue weighted by molar-refractivity contribution is 0.279. The van der Waals surface area contributed by atoms with Crippen LogP contribution in [0.4, 0.5) is 8.78 Å². The van der Waals surface area contributed by atoms with E-state index in [0.717, 1.165) is 28.5 Å². The van der Waals surface area contributed by atoms with Gasteiger partial charge in [-0.2, -0.15) is 5.10 Å². The second kappa shape index (κ2) is 8.16. The molecule has 0 unspecified atom stereocenters. The van der Waals surface area contributed by atoms with Crippen molar-refractivity contribution in [1.82, 2.24) is 24.9 Å². The predicted octanol–water partition coefficient (Wildman–Crippen LogP) is 4.45. The normalized spacial score (nSPS) is 11.4. The highest BCUT2D eigenvalue weighted by Gasteiger charge is 2.18. The molecule has 8 heteroatoms. The Bertz CT molecular complexity index is 1180. The van der Waals surface area contributed by atoms with Crippen molar-refractivity contribution >= 4 is 0 Å². The monoisotopic (exact) mass is 409 g/mol. The first-order chi connectivity index (χ1) is 14.4. The van der Waals surface area contributed by atoms with E-state index in [9.17, 15) is 8.78 Å². The fourth-order valence-electron chi connectivity index (χ4n) is 3.36. The Hall–Kier alpha value is -3.39. The molecule has 30 heavy (non-hydrogen) atoms. The third-order valence-electron chi connectivity index (χ3n) is 4.76. The lowest BCUT2D eigenvalue weighted by atomic mass is 10.0. The van der Waals surface area contributed by atoms with Crippen molar-refractivity contribution in [2.24, 2.45) is 0 Å². The summed E-state index contributed by atoms with van der Waals surface area (Å²) in [6, 6.07) is 11.3. The Morgan fingerprint density at radius 3 is 2.53 bits per heavy atom. The first-order valence-corrected chi connectivity index (χ1v) is 9.48. The largest absolute Gasteiger partial charge is 0.424 e. The first-order valence-electron chi connectivity index (χ1n) is 9.48. The summed E-state index contributed by atoms with van der Waals surface area (Å²) in [7, 11) is 1.93. The van der Waals surface area contributed by atoms with Gasteiger partial charge in [-0.1, -0.05) is 24.3 Å². The summed E-state index contributed by atoms with van der Waals surface area (Å²) in [4.78, 5) is 2.01. The maximum Gasteiger partial charge on any atom is 0.230 e. The van der Waals surface area contributed by atoms with E-state index >= 15 is 0 Å². The summed E-state index contributed by atoms with van der Waals surface area (Å²) in [6.45, 7) is 4.73. The van der Waals surface area contributed by atoms with Gasteiger partial charge in [-0.3, -0.25) is 4.90 Å². The van der Waals surface area contributed by atoms with Crippen LogP contribution in [0.5, 0.6) is 0 Å². The fraction of sp³-hybridized carbons (Fsp3) is 0.227. The quantitative estimate of drug-likeness (QED) is 0.471. The van der Waals surface area contributed by atoms with Crippen molar-refractivity contribution in [3.05, 3.63) is 83.2 Å². The fourth-order valence-corrected chi connectivity index (χ4v) is 3.36. The molecular formula is C22H21F2N5O. The summed E-state index contributed by atoms with van der Waals surface area (Å²) in [5, 5.41) is 12.5. The van der Waals surface area contributed by atoms with E-state index in [2.05, 4.69) is 15.3 Å². The van der Waals surface area contributed by atoms with Gasteiger partial charge in [0.25, 0.3) is 0 Å². The van der Waals surface area contributed by atoms with Crippen molar-refractivity contribution in [2.75, 3.05) is 7.05 Å². The molecule has 0 amide bonds. The molecule has 0 aliphatic rings. The summed E-state index contributed by atoms with van der Waals surface area (Å²) in [6.07, 6.45) is 1.77. The van der Waals surface area contributed by atoms with Crippen LogP contribution in [-0.4, -0.2) is 31.9 Å². The molecule has 0 aliphatic heterocycles. The van der Waals surface area contributed by atoms with Crippen molar-refractivity contribution in [2.45, 2.75) is 26.9 Å². The van der Waals surface area contributed by atoms with Gasteiger partial charge < -0.3 is 4.42 Å². The van der Waals surface area contributed by atoms with Crippen LogP contribution in [-0.2, 0) is 13.1 Å². The number of hydrogen-bond acceptors (Lipinski definition) is 5. The molecular weight excluding hydrogens is 388 g/mol. The van der Waals surface area contributed by atoms with E-state index in [1.54, 1.807) is 13.1 Å². The average Bonchev–Trinajstić information content (AvgIpc) is 3.28. The molecule has 0 atom stereocenters. The molecule has 0 saturated heterocycles. The van der Waals surface area contributed by atoms with Gasteiger partial charge in [0.05, 0.1) is 12.2 Å². The molecule has 0 bridgehead atoms. The molecule has 0 fully saturated rings. The van der Waals surface area contributed by atoms with Gasteiger partial charge in [0.15, 0.2) is 5.82 Å². The highest BCUT2D eigenvalue weighted by Crippen LogP contribution is 2.28. The Morgan fingerprint density at radius 2 is 1.83 bits per heavy atom. The smallest absolute Gasteiger partial charge is 0.230 e. The van der Waals surface area contributed by atoms with E-state index in [1.807, 2.05) is 43.1 Å². The molecule has 6 nitrogen and oxygen atoms in total. The third-order valence-corrected chi connectivity index (χ3v) is 4.76. The van der Waals surface area contributed by atoms with Gasteiger partial charge >= 0.3 is 0 Å². The predicted molar refractivity (Wildman–Crippen MR) is 108 cm³/mol. The van der Waals surface area contributed by atoms with Gasteiger partial charge in [-0.15, -0.1) is 10.2 Å². The zero-order valence-corrected chi connectivity index (χ0v) is 16.9. The number of benzene rings is 2. The number of aryl methyl sites for hydroxylation is 2. The summed E-state index contributed by atoms with van der Waals surface area (Å²) < 4.78 is 34.6. The first kappa shape index (κ1) is 19.9. The molecule has 4 rings (SSSR count). The minimum Gasteiger partial charge on any atom is -0.424 e. The van der Waals surface area contributed by atoms with Gasteiger partial charge in [0.2, 0.25) is 11.8 Å². The highest BCUT2D eigenvalue weighted by molar-refractivity contribution is 5.66. The van der Waals surface area contributed by atoms with Crippen LogP contribution in [0, 0.1) is 25.5 Å². The zero-order chi connectivity index (χ0) is 21.3. The van der Waals surface area contributed by atoms with Gasteiger partial charge in [-0.05, 0) is 31.7 Å². The van der Waals surface area contributed by atoms with Crippen molar-refractivity contribution < 1.29 is 13.2 Å². The van der Waals surface area contributed by atoms with Gasteiger partial charge in [0.1, 0.15) is 11.5 Å². The van der Waals surface area contributed by atoms with Crippen LogP contribution in [0.15, 0.2) is 53.1 Å². The number of rotatable bonds is 6. The topological polar surface area (TPSA) is 60.0 Å². The van der Waals surface area contributed by atoms with Gasteiger partial charge in [0, 0.05) is 36.9 Å². The number of aromatic nitrogens is 4. The number of halogens is 2. The van der Waals surface area contributed by atoms with Crippen LogP contribution < -0.4 is 0 Å². The van der Waals surface area contributed by atoms with Crippen molar-refractivity contribution in [3.8, 4) is 16.9 Å². The Kier molecular flexibility index (Phi) is 5.41. The number of hydrogen-bond donors (Lipinski definition) is 0. The molecule has 2 heterocycles. The minimum atomic E-state index is -0.671.